The second kappa shape index (κ2) is 5.80. The lowest BCUT2D eigenvalue weighted by atomic mass is 9.97. The highest BCUT2D eigenvalue weighted by Crippen LogP contribution is 2.35. The van der Waals surface area contributed by atoms with Crippen molar-refractivity contribution in [3.8, 4) is 0 Å². The van der Waals surface area contributed by atoms with Gasteiger partial charge in [-0.3, -0.25) is 0 Å². The van der Waals surface area contributed by atoms with Crippen molar-refractivity contribution in [1.29, 1.82) is 0 Å². The molecule has 122 valence electrons. The Kier molecular flexibility index (Phi) is 3.80. The summed E-state index contributed by atoms with van der Waals surface area (Å²) < 4.78 is 39.2. The molecule has 3 rings (SSSR count). The van der Waals surface area contributed by atoms with Gasteiger partial charge in [-0.15, -0.1) is 0 Å². The van der Waals surface area contributed by atoms with Crippen LogP contribution in [0.3, 0.4) is 0 Å². The van der Waals surface area contributed by atoms with Gasteiger partial charge in [0.05, 0.1) is 0 Å². The summed E-state index contributed by atoms with van der Waals surface area (Å²) in [5.74, 6) is -1.38. The van der Waals surface area contributed by atoms with Crippen LogP contribution in [0.5, 0.6) is 0 Å². The van der Waals surface area contributed by atoms with Gasteiger partial charge in [0.2, 0.25) is 0 Å². The fourth-order valence-corrected chi connectivity index (χ4v) is 2.39. The third-order valence-corrected chi connectivity index (χ3v) is 3.40. The van der Waals surface area contributed by atoms with Gasteiger partial charge < -0.3 is 5.11 Å². The first-order chi connectivity index (χ1) is 11.4. The van der Waals surface area contributed by atoms with Crippen molar-refractivity contribution < 1.29 is 23.1 Å². The quantitative estimate of drug-likeness (QED) is 0.719. The van der Waals surface area contributed by atoms with Crippen LogP contribution in [0, 0.1) is 0 Å². The number of hydrogen-bond acceptors (Lipinski definition) is 3. The van der Waals surface area contributed by atoms with Crippen molar-refractivity contribution in [2.75, 3.05) is 0 Å². The summed E-state index contributed by atoms with van der Waals surface area (Å²) >= 11 is 0. The van der Waals surface area contributed by atoms with Crippen LogP contribution in [0.2, 0.25) is 0 Å². The van der Waals surface area contributed by atoms with Crippen molar-refractivity contribution >= 4 is 22.3 Å². The Morgan fingerprint density at radius 3 is 2.46 bits per heavy atom. The topological polar surface area (TPSA) is 78.9 Å². The van der Waals surface area contributed by atoms with Gasteiger partial charge in [0.15, 0.2) is 5.69 Å². The molecule has 3 aromatic rings. The van der Waals surface area contributed by atoms with Crippen molar-refractivity contribution in [3.63, 3.8) is 0 Å². The number of carboxylic acids is 1. The van der Waals surface area contributed by atoms with E-state index in [4.69, 9.17) is 5.11 Å². The van der Waals surface area contributed by atoms with E-state index in [2.05, 4.69) is 10.2 Å². The van der Waals surface area contributed by atoms with E-state index < -0.39 is 23.5 Å². The molecule has 2 N–H and O–H groups in total. The number of alkyl halides is 3. The first-order valence-electron chi connectivity index (χ1n) is 6.78. The summed E-state index contributed by atoms with van der Waals surface area (Å²) in [7, 11) is 0. The van der Waals surface area contributed by atoms with Crippen LogP contribution in [0.1, 0.15) is 17.0 Å². The second-order valence-electron chi connectivity index (χ2n) is 4.98. The average Bonchev–Trinajstić information content (AvgIpc) is 3.01. The molecule has 8 heteroatoms. The molecule has 0 saturated carbocycles. The highest BCUT2D eigenvalue weighted by atomic mass is 19.4. The van der Waals surface area contributed by atoms with E-state index in [9.17, 15) is 18.0 Å². The number of carboxylic acid groups (broad SMARTS) is 1. The van der Waals surface area contributed by atoms with Gasteiger partial charge in [0.25, 0.3) is 0 Å². The smallest absolute Gasteiger partial charge is 0.437 e. The molecule has 0 spiro atoms. The Bertz CT molecular complexity index is 945. The van der Waals surface area contributed by atoms with E-state index in [-0.39, 0.29) is 5.57 Å². The van der Waals surface area contributed by atoms with Crippen molar-refractivity contribution in [3.05, 3.63) is 65.5 Å². The van der Waals surface area contributed by atoms with Crippen LogP contribution in [0.15, 0.2) is 48.5 Å². The van der Waals surface area contributed by atoms with E-state index in [0.29, 0.717) is 11.6 Å². The minimum atomic E-state index is -4.75. The number of carbonyl (C=O) groups is 1. The normalized spacial score (nSPS) is 12.5. The zero-order chi connectivity index (χ0) is 17.3. The molecule has 2 aromatic carbocycles. The molecule has 0 amide bonds. The number of fused-ring (bicyclic) bond motifs is 1. The number of aromatic amines is 1. The van der Waals surface area contributed by atoms with Crippen LogP contribution in [-0.4, -0.2) is 26.5 Å². The molecule has 1 heterocycles. The summed E-state index contributed by atoms with van der Waals surface area (Å²) in [5.41, 5.74) is -1.69. The van der Waals surface area contributed by atoms with Gasteiger partial charge in [-0.1, -0.05) is 36.4 Å². The van der Waals surface area contributed by atoms with Crippen molar-refractivity contribution in [1.82, 2.24) is 15.4 Å². The van der Waals surface area contributed by atoms with Crippen molar-refractivity contribution in [2.24, 2.45) is 0 Å². The minimum Gasteiger partial charge on any atom is -0.478 e. The number of hydrogen-bond donors (Lipinski definition) is 2. The second-order valence-corrected chi connectivity index (χ2v) is 4.98. The molecule has 0 aliphatic carbocycles. The van der Waals surface area contributed by atoms with Gasteiger partial charge in [0.1, 0.15) is 5.69 Å². The molecule has 0 aliphatic heterocycles. The number of nitrogens with zero attached hydrogens (tertiary/aromatic N) is 2. The fourth-order valence-electron chi connectivity index (χ4n) is 2.39. The molecular formula is C16H10F3N3O2. The van der Waals surface area contributed by atoms with Crippen molar-refractivity contribution in [2.45, 2.75) is 6.18 Å². The Morgan fingerprint density at radius 1 is 1.08 bits per heavy atom. The SMILES string of the molecule is O=C(O)/C=C(/c1ccc2ccccc2c1)c1n[nH]nc1C(F)(F)F. The van der Waals surface area contributed by atoms with Gasteiger partial charge in [-0.05, 0) is 22.4 Å². The van der Waals surface area contributed by atoms with Gasteiger partial charge in [-0.2, -0.15) is 28.6 Å². The number of nitrogens with one attached hydrogen (secondary N) is 1. The number of aliphatic carboxylic acids is 1. The molecule has 0 unspecified atom stereocenters. The molecule has 0 fully saturated rings. The van der Waals surface area contributed by atoms with Crippen LogP contribution < -0.4 is 0 Å². The maximum atomic E-state index is 13.1. The molecule has 0 radical (unpaired) electrons. The molecule has 0 bridgehead atoms. The number of rotatable bonds is 3. The Morgan fingerprint density at radius 2 is 1.79 bits per heavy atom. The number of H-pyrrole nitrogens is 1. The maximum Gasteiger partial charge on any atom is 0.437 e. The summed E-state index contributed by atoms with van der Waals surface area (Å²) in [6, 6.07) is 12.1. The molecular weight excluding hydrogens is 323 g/mol. The first kappa shape index (κ1) is 15.7. The Labute approximate surface area is 133 Å². The lowest BCUT2D eigenvalue weighted by Gasteiger charge is -2.09. The molecule has 24 heavy (non-hydrogen) atoms. The largest absolute Gasteiger partial charge is 0.478 e. The Hall–Kier alpha value is -3.16. The van der Waals surface area contributed by atoms with E-state index >= 15 is 0 Å². The third kappa shape index (κ3) is 2.98. The number of aromatic nitrogens is 3. The molecule has 0 aliphatic rings. The van der Waals surface area contributed by atoms with Gasteiger partial charge in [0, 0.05) is 11.6 Å². The number of benzene rings is 2. The summed E-state index contributed by atoms with van der Waals surface area (Å²) in [6.45, 7) is 0. The molecule has 0 saturated heterocycles. The highest BCUT2D eigenvalue weighted by Gasteiger charge is 2.38. The molecule has 5 nitrogen and oxygen atoms in total. The van der Waals surface area contributed by atoms with E-state index in [1.54, 1.807) is 30.3 Å². The van der Waals surface area contributed by atoms with Gasteiger partial charge in [-0.25, -0.2) is 4.79 Å². The summed E-state index contributed by atoms with van der Waals surface area (Å²) in [5, 5.41) is 19.2. The van der Waals surface area contributed by atoms with E-state index in [0.717, 1.165) is 10.8 Å². The summed E-state index contributed by atoms with van der Waals surface area (Å²) in [6.07, 6.45) is -4.06. The van der Waals surface area contributed by atoms with Crippen LogP contribution in [0.25, 0.3) is 16.3 Å². The number of halogens is 3. The fraction of sp³-hybridized carbons (Fsp3) is 0.0625. The van der Waals surface area contributed by atoms with Crippen LogP contribution >= 0.6 is 0 Å². The zero-order valence-corrected chi connectivity index (χ0v) is 12.0. The monoisotopic (exact) mass is 333 g/mol. The van der Waals surface area contributed by atoms with E-state index in [1.807, 2.05) is 17.3 Å². The van der Waals surface area contributed by atoms with E-state index in [1.165, 1.54) is 0 Å². The predicted molar refractivity (Wildman–Crippen MR) is 80.0 cm³/mol. The zero-order valence-electron chi connectivity index (χ0n) is 12.0. The predicted octanol–water partition coefficient (Wildman–Crippen LogP) is 3.49. The van der Waals surface area contributed by atoms with Gasteiger partial charge >= 0.3 is 12.1 Å². The van der Waals surface area contributed by atoms with Crippen LogP contribution in [-0.2, 0) is 11.0 Å². The Balaban J connectivity index is 2.21. The lowest BCUT2D eigenvalue weighted by Crippen LogP contribution is -2.10. The molecule has 0 atom stereocenters. The van der Waals surface area contributed by atoms with Crippen LogP contribution in [0.4, 0.5) is 13.2 Å². The summed E-state index contributed by atoms with van der Waals surface area (Å²) in [4.78, 5) is 11.1. The highest BCUT2D eigenvalue weighted by molar-refractivity contribution is 5.97. The third-order valence-electron chi connectivity index (χ3n) is 3.40. The average molecular weight is 333 g/mol. The minimum absolute atomic E-state index is 0.172. The first-order valence-corrected chi connectivity index (χ1v) is 6.78. The molecule has 1 aromatic heterocycles. The maximum absolute atomic E-state index is 13.1. The standard InChI is InChI=1S/C16H10F3N3O2/c17-16(18,19)15-14(20-22-21-15)12(8-13(23)24)11-6-5-9-3-1-2-4-10(9)7-11/h1-8H,(H,23,24)(H,20,21,22)/b12-8-. The lowest BCUT2D eigenvalue weighted by molar-refractivity contribution is -0.141.